The van der Waals surface area contributed by atoms with E-state index in [0.717, 1.165) is 51.4 Å². The summed E-state index contributed by atoms with van der Waals surface area (Å²) in [4.78, 5) is 12.1. The van der Waals surface area contributed by atoms with Crippen LogP contribution in [-0.4, -0.2) is 18.7 Å². The van der Waals surface area contributed by atoms with E-state index < -0.39 is 23.8 Å². The van der Waals surface area contributed by atoms with Crippen LogP contribution in [0.2, 0.25) is 0 Å². The molecule has 0 saturated heterocycles. The summed E-state index contributed by atoms with van der Waals surface area (Å²) in [5.41, 5.74) is 0.319. The van der Waals surface area contributed by atoms with Gasteiger partial charge in [-0.3, -0.25) is 0 Å². The number of esters is 1. The van der Waals surface area contributed by atoms with E-state index in [1.54, 1.807) is 0 Å². The van der Waals surface area contributed by atoms with Crippen LogP contribution in [0.15, 0.2) is 30.1 Å². The lowest BCUT2D eigenvalue weighted by Gasteiger charge is -2.27. The standard InChI is InChI=1S/C26H37F3O2/c1-3-5-6-7-9-23(27)18-31-26(30)22-16-14-21(15-17-22)25(29)24(28)20-12-10-19(8-4-2)11-13-20/h14-17,19-20,23H,3-13,18H2,1-2H3/t19?,20?,23-/m0/s1. The largest absolute Gasteiger partial charge is 0.459 e. The minimum absolute atomic E-state index is 0.115. The Labute approximate surface area is 185 Å². The van der Waals surface area contributed by atoms with Crippen LogP contribution < -0.4 is 0 Å². The number of halogens is 3. The Bertz CT molecular complexity index is 691. The van der Waals surface area contributed by atoms with Crippen molar-refractivity contribution in [2.45, 2.75) is 90.6 Å². The number of allylic oxidation sites excluding steroid dienone is 1. The second kappa shape index (κ2) is 13.6. The zero-order chi connectivity index (χ0) is 22.6. The molecule has 5 heteroatoms. The van der Waals surface area contributed by atoms with Crippen molar-refractivity contribution in [2.75, 3.05) is 6.61 Å². The van der Waals surface area contributed by atoms with Crippen LogP contribution >= 0.6 is 0 Å². The second-order valence-corrected chi connectivity index (χ2v) is 8.79. The minimum atomic E-state index is -1.18. The summed E-state index contributed by atoms with van der Waals surface area (Å²) in [5.74, 6) is -1.93. The molecule has 1 aliphatic rings. The number of alkyl halides is 1. The van der Waals surface area contributed by atoms with Gasteiger partial charge in [-0.15, -0.1) is 0 Å². The highest BCUT2D eigenvalue weighted by Gasteiger charge is 2.26. The van der Waals surface area contributed by atoms with E-state index in [-0.39, 0.29) is 23.7 Å². The lowest BCUT2D eigenvalue weighted by atomic mass is 9.79. The summed E-state index contributed by atoms with van der Waals surface area (Å²) in [6.07, 6.45) is 8.63. The SMILES string of the molecule is CCCCCC[C@H](F)COC(=O)c1ccc(C(F)=C(F)C2CCC(CCC)CC2)cc1. The lowest BCUT2D eigenvalue weighted by Crippen LogP contribution is -2.15. The molecule has 2 rings (SSSR count). The van der Waals surface area contributed by atoms with Gasteiger partial charge < -0.3 is 4.74 Å². The van der Waals surface area contributed by atoms with Crippen LogP contribution in [0.5, 0.6) is 0 Å². The number of rotatable bonds is 12. The first kappa shape index (κ1) is 25.5. The fraction of sp³-hybridized carbons (Fsp3) is 0.654. The number of carbonyl (C=O) groups excluding carboxylic acids is 1. The van der Waals surface area contributed by atoms with Crippen LogP contribution in [0, 0.1) is 11.8 Å². The van der Waals surface area contributed by atoms with Gasteiger partial charge in [-0.1, -0.05) is 64.5 Å². The molecule has 1 atom stereocenters. The molecular formula is C26H37F3O2. The van der Waals surface area contributed by atoms with Crippen molar-refractivity contribution in [3.8, 4) is 0 Å². The Kier molecular flexibility index (Phi) is 11.2. The van der Waals surface area contributed by atoms with Gasteiger partial charge in [0, 0.05) is 11.5 Å². The number of hydrogen-bond acceptors (Lipinski definition) is 2. The molecule has 1 aromatic rings. The molecule has 174 valence electrons. The summed E-state index contributed by atoms with van der Waals surface area (Å²) >= 11 is 0. The first-order chi connectivity index (χ1) is 15.0. The first-order valence-electron chi connectivity index (χ1n) is 11.9. The maximum atomic E-state index is 14.7. The smallest absolute Gasteiger partial charge is 0.338 e. The highest BCUT2D eigenvalue weighted by molar-refractivity contribution is 5.89. The maximum absolute atomic E-state index is 14.7. The normalized spacial score (nSPS) is 20.8. The third kappa shape index (κ3) is 8.34. The molecule has 1 aliphatic carbocycles. The van der Waals surface area contributed by atoms with E-state index in [1.165, 1.54) is 24.3 Å². The highest BCUT2D eigenvalue weighted by Crippen LogP contribution is 2.39. The molecule has 2 nitrogen and oxygen atoms in total. The first-order valence-corrected chi connectivity index (χ1v) is 11.9. The number of ether oxygens (including phenoxy) is 1. The molecule has 0 radical (unpaired) electrons. The molecule has 1 saturated carbocycles. The van der Waals surface area contributed by atoms with Crippen molar-refractivity contribution in [1.82, 2.24) is 0 Å². The molecule has 0 spiro atoms. The van der Waals surface area contributed by atoms with Gasteiger partial charge in [-0.25, -0.2) is 18.0 Å². The Morgan fingerprint density at radius 3 is 2.23 bits per heavy atom. The number of benzene rings is 1. The Balaban J connectivity index is 1.86. The van der Waals surface area contributed by atoms with Gasteiger partial charge in [0.05, 0.1) is 5.56 Å². The third-order valence-electron chi connectivity index (χ3n) is 6.25. The molecular weight excluding hydrogens is 401 g/mol. The van der Waals surface area contributed by atoms with Crippen molar-refractivity contribution >= 4 is 11.8 Å². The molecule has 0 bridgehead atoms. The zero-order valence-corrected chi connectivity index (χ0v) is 19.0. The summed E-state index contributed by atoms with van der Waals surface area (Å²) in [6.45, 7) is 3.96. The van der Waals surface area contributed by atoms with E-state index in [2.05, 4.69) is 13.8 Å². The van der Waals surface area contributed by atoms with E-state index in [1.807, 2.05) is 0 Å². The fourth-order valence-corrected chi connectivity index (χ4v) is 4.31. The van der Waals surface area contributed by atoms with Crippen LogP contribution in [0.4, 0.5) is 13.2 Å². The van der Waals surface area contributed by atoms with Crippen molar-refractivity contribution in [3.63, 3.8) is 0 Å². The minimum Gasteiger partial charge on any atom is -0.459 e. The third-order valence-corrected chi connectivity index (χ3v) is 6.25. The predicted molar refractivity (Wildman–Crippen MR) is 120 cm³/mol. The van der Waals surface area contributed by atoms with Gasteiger partial charge in [-0.05, 0) is 50.2 Å². The average Bonchev–Trinajstić information content (AvgIpc) is 2.80. The van der Waals surface area contributed by atoms with Gasteiger partial charge in [0.1, 0.15) is 18.6 Å². The highest BCUT2D eigenvalue weighted by atomic mass is 19.2. The van der Waals surface area contributed by atoms with Crippen LogP contribution in [0.25, 0.3) is 5.83 Å². The van der Waals surface area contributed by atoms with E-state index in [0.29, 0.717) is 25.2 Å². The van der Waals surface area contributed by atoms with E-state index >= 15 is 0 Å². The summed E-state index contributed by atoms with van der Waals surface area (Å²) in [7, 11) is 0. The Morgan fingerprint density at radius 1 is 0.968 bits per heavy atom. The van der Waals surface area contributed by atoms with Crippen molar-refractivity contribution in [3.05, 3.63) is 41.2 Å². The van der Waals surface area contributed by atoms with Crippen molar-refractivity contribution in [2.24, 2.45) is 11.8 Å². The molecule has 1 aromatic carbocycles. The lowest BCUT2D eigenvalue weighted by molar-refractivity contribution is 0.0389. The van der Waals surface area contributed by atoms with Crippen molar-refractivity contribution < 1.29 is 22.7 Å². The molecule has 0 unspecified atom stereocenters. The molecule has 0 aliphatic heterocycles. The Hall–Kier alpha value is -1.78. The second-order valence-electron chi connectivity index (χ2n) is 8.79. The molecule has 0 aromatic heterocycles. The van der Waals surface area contributed by atoms with Crippen molar-refractivity contribution in [1.29, 1.82) is 0 Å². The zero-order valence-electron chi connectivity index (χ0n) is 19.0. The van der Waals surface area contributed by atoms with Crippen LogP contribution in [0.3, 0.4) is 0 Å². The van der Waals surface area contributed by atoms with Gasteiger partial charge in [0.15, 0.2) is 5.83 Å². The molecule has 0 amide bonds. The summed E-state index contributed by atoms with van der Waals surface area (Å²) in [5, 5.41) is 0. The maximum Gasteiger partial charge on any atom is 0.338 e. The molecule has 0 N–H and O–H groups in total. The predicted octanol–water partition coefficient (Wildman–Crippen LogP) is 8.37. The molecule has 0 heterocycles. The van der Waals surface area contributed by atoms with Gasteiger partial charge >= 0.3 is 5.97 Å². The molecule has 31 heavy (non-hydrogen) atoms. The van der Waals surface area contributed by atoms with E-state index in [9.17, 15) is 18.0 Å². The topological polar surface area (TPSA) is 26.3 Å². The summed E-state index contributed by atoms with van der Waals surface area (Å²) < 4.78 is 48.2. The van der Waals surface area contributed by atoms with Gasteiger partial charge in [0.2, 0.25) is 0 Å². The van der Waals surface area contributed by atoms with Gasteiger partial charge in [0.25, 0.3) is 0 Å². The number of hydrogen-bond donors (Lipinski definition) is 0. The van der Waals surface area contributed by atoms with Gasteiger partial charge in [-0.2, -0.15) is 0 Å². The molecule has 1 fully saturated rings. The quantitative estimate of drug-likeness (QED) is 0.242. The van der Waals surface area contributed by atoms with Crippen LogP contribution in [-0.2, 0) is 4.74 Å². The average molecular weight is 439 g/mol. The number of carbonyl (C=O) groups is 1. The summed E-state index contributed by atoms with van der Waals surface area (Å²) in [6, 6.07) is 5.56. The van der Waals surface area contributed by atoms with Crippen LogP contribution in [0.1, 0.15) is 100 Å². The fourth-order valence-electron chi connectivity index (χ4n) is 4.31. The Morgan fingerprint density at radius 2 is 1.61 bits per heavy atom. The van der Waals surface area contributed by atoms with E-state index in [4.69, 9.17) is 4.74 Å². The monoisotopic (exact) mass is 438 g/mol. The number of unbranched alkanes of at least 4 members (excludes halogenated alkanes) is 3.